The fourth-order valence-electron chi connectivity index (χ4n) is 3.22. The summed E-state index contributed by atoms with van der Waals surface area (Å²) in [6, 6.07) is 13.8. The fraction of sp³-hybridized carbons (Fsp3) is 0.263. The molecule has 1 aromatic heterocycles. The number of rotatable bonds is 3. The number of nitrogens with zero attached hydrogens (tertiary/aromatic N) is 2. The quantitative estimate of drug-likeness (QED) is 0.736. The molecule has 1 aliphatic rings. The molecule has 4 rings (SSSR count). The predicted molar refractivity (Wildman–Crippen MR) is 108 cm³/mol. The molecule has 2 aromatic carbocycles. The summed E-state index contributed by atoms with van der Waals surface area (Å²) in [6.07, 6.45) is 0. The van der Waals surface area contributed by atoms with Crippen molar-refractivity contribution in [1.82, 2.24) is 9.88 Å². The summed E-state index contributed by atoms with van der Waals surface area (Å²) in [5.41, 5.74) is 8.70. The molecular formula is C19H19N3O2S2. The molecular weight excluding hydrogens is 366 g/mol. The Kier molecular flexibility index (Phi) is 4.74. The van der Waals surface area contributed by atoms with E-state index in [0.29, 0.717) is 6.54 Å². The maximum Gasteiger partial charge on any atom is 0.315 e. The Labute approximate surface area is 160 Å². The van der Waals surface area contributed by atoms with Gasteiger partial charge in [0.05, 0.1) is 17.9 Å². The van der Waals surface area contributed by atoms with Crippen molar-refractivity contribution in [3.05, 3.63) is 47.5 Å². The molecule has 0 saturated carbocycles. The van der Waals surface area contributed by atoms with Gasteiger partial charge < -0.3 is 15.4 Å². The van der Waals surface area contributed by atoms with Gasteiger partial charge in [0.25, 0.3) is 0 Å². The molecule has 26 heavy (non-hydrogen) atoms. The lowest BCUT2D eigenvalue weighted by molar-refractivity contribution is 0.192. The molecule has 1 atom stereocenters. The molecule has 5 nitrogen and oxygen atoms in total. The van der Waals surface area contributed by atoms with Gasteiger partial charge in [-0.05, 0) is 17.7 Å². The third-order valence-electron chi connectivity index (χ3n) is 4.52. The van der Waals surface area contributed by atoms with Gasteiger partial charge in [-0.2, -0.15) is 11.8 Å². The zero-order valence-electron chi connectivity index (χ0n) is 14.3. The second-order valence-corrected chi connectivity index (χ2v) is 8.21. The third kappa shape index (κ3) is 3.01. The number of aromatic nitrogens is 1. The van der Waals surface area contributed by atoms with Gasteiger partial charge in [-0.15, -0.1) is 11.3 Å². The Morgan fingerprint density at radius 3 is 2.81 bits per heavy atom. The Morgan fingerprint density at radius 2 is 2.08 bits per heavy atom. The van der Waals surface area contributed by atoms with Gasteiger partial charge in [-0.25, -0.2) is 9.78 Å². The number of ether oxygens (including phenoxy) is 1. The number of nitrogens with two attached hydrogens (primary N) is 1. The van der Waals surface area contributed by atoms with Crippen LogP contribution in [0.5, 0.6) is 5.75 Å². The highest BCUT2D eigenvalue weighted by atomic mass is 32.2. The molecule has 1 aliphatic heterocycles. The lowest BCUT2D eigenvalue weighted by atomic mass is 10.1. The van der Waals surface area contributed by atoms with Crippen LogP contribution in [0.15, 0.2) is 42.5 Å². The molecule has 7 heteroatoms. The summed E-state index contributed by atoms with van der Waals surface area (Å²) >= 11 is 3.45. The third-order valence-corrected chi connectivity index (χ3v) is 6.74. The minimum Gasteiger partial charge on any atom is -0.494 e. The first-order valence-electron chi connectivity index (χ1n) is 8.35. The standard InChI is InChI=1S/C19H19N3O2S2/c1-24-15-8-7-13(12-5-3-2-4-6-12)17-16(15)21-18(26-17)14-11-25-10-9-22(14)19(20)23/h2-8,14H,9-11H2,1H3,(H2,20,23). The molecule has 134 valence electrons. The SMILES string of the molecule is COc1ccc(-c2ccccc2)c2sc(C3CSCCN3C(N)=O)nc12. The summed E-state index contributed by atoms with van der Waals surface area (Å²) in [5, 5.41) is 0.910. The zero-order chi connectivity index (χ0) is 18.1. The van der Waals surface area contributed by atoms with Crippen molar-refractivity contribution in [3.63, 3.8) is 0 Å². The number of carbonyl (C=O) groups is 1. The molecule has 0 aliphatic carbocycles. The van der Waals surface area contributed by atoms with Crippen LogP contribution in [-0.4, -0.2) is 41.1 Å². The largest absolute Gasteiger partial charge is 0.494 e. The van der Waals surface area contributed by atoms with E-state index in [-0.39, 0.29) is 12.1 Å². The highest BCUT2D eigenvalue weighted by molar-refractivity contribution is 7.99. The Balaban J connectivity index is 1.86. The first kappa shape index (κ1) is 17.2. The van der Waals surface area contributed by atoms with E-state index in [9.17, 15) is 4.79 Å². The van der Waals surface area contributed by atoms with Gasteiger partial charge in [0.15, 0.2) is 0 Å². The molecule has 3 aromatic rings. The second-order valence-electron chi connectivity index (χ2n) is 6.03. The molecule has 0 radical (unpaired) electrons. The zero-order valence-corrected chi connectivity index (χ0v) is 16.0. The first-order chi connectivity index (χ1) is 12.7. The van der Waals surface area contributed by atoms with E-state index in [2.05, 4.69) is 18.2 Å². The number of primary amides is 1. The monoisotopic (exact) mass is 385 g/mol. The van der Waals surface area contributed by atoms with Crippen molar-refractivity contribution in [2.45, 2.75) is 6.04 Å². The lowest BCUT2D eigenvalue weighted by Gasteiger charge is -2.32. The van der Waals surface area contributed by atoms with Crippen molar-refractivity contribution in [2.75, 3.05) is 25.2 Å². The van der Waals surface area contributed by atoms with Crippen LogP contribution in [0.1, 0.15) is 11.0 Å². The van der Waals surface area contributed by atoms with Gasteiger partial charge in [-0.1, -0.05) is 30.3 Å². The molecule has 0 spiro atoms. The molecule has 1 fully saturated rings. The smallest absolute Gasteiger partial charge is 0.315 e. The number of hydrogen-bond acceptors (Lipinski definition) is 5. The maximum atomic E-state index is 11.9. The molecule has 0 bridgehead atoms. The number of benzene rings is 2. The van der Waals surface area contributed by atoms with E-state index in [1.807, 2.05) is 36.0 Å². The van der Waals surface area contributed by atoms with Crippen molar-refractivity contribution in [3.8, 4) is 16.9 Å². The van der Waals surface area contributed by atoms with Crippen LogP contribution >= 0.6 is 23.1 Å². The Bertz CT molecular complexity index is 943. The van der Waals surface area contributed by atoms with Crippen LogP contribution in [0, 0.1) is 0 Å². The van der Waals surface area contributed by atoms with Gasteiger partial charge in [0, 0.05) is 23.6 Å². The minimum absolute atomic E-state index is 0.0861. The lowest BCUT2D eigenvalue weighted by Crippen LogP contribution is -2.43. The fourth-order valence-corrected chi connectivity index (χ4v) is 5.61. The van der Waals surface area contributed by atoms with E-state index in [1.54, 1.807) is 23.3 Å². The topological polar surface area (TPSA) is 68.5 Å². The number of methoxy groups -OCH3 is 1. The molecule has 1 unspecified atom stereocenters. The summed E-state index contributed by atoms with van der Waals surface area (Å²) in [5.74, 6) is 2.46. The molecule has 2 N–H and O–H groups in total. The number of fused-ring (bicyclic) bond motifs is 1. The van der Waals surface area contributed by atoms with E-state index in [4.69, 9.17) is 15.5 Å². The Hall–Kier alpha value is -2.25. The number of hydrogen-bond donors (Lipinski definition) is 1. The molecule has 2 heterocycles. The van der Waals surface area contributed by atoms with Crippen LogP contribution in [0.4, 0.5) is 4.79 Å². The molecule has 1 saturated heterocycles. The second kappa shape index (κ2) is 7.17. The number of thioether (sulfide) groups is 1. The van der Waals surface area contributed by atoms with Gasteiger partial charge >= 0.3 is 6.03 Å². The van der Waals surface area contributed by atoms with Gasteiger partial charge in [0.2, 0.25) is 0 Å². The van der Waals surface area contributed by atoms with Crippen LogP contribution in [0.25, 0.3) is 21.3 Å². The summed E-state index contributed by atoms with van der Waals surface area (Å²) < 4.78 is 6.60. The van der Waals surface area contributed by atoms with E-state index >= 15 is 0 Å². The van der Waals surface area contributed by atoms with Crippen LogP contribution in [0.2, 0.25) is 0 Å². The Morgan fingerprint density at radius 1 is 1.27 bits per heavy atom. The first-order valence-corrected chi connectivity index (χ1v) is 10.3. The van der Waals surface area contributed by atoms with Crippen LogP contribution < -0.4 is 10.5 Å². The number of urea groups is 1. The predicted octanol–water partition coefficient (Wildman–Crippen LogP) is 4.14. The highest BCUT2D eigenvalue weighted by Crippen LogP contribution is 2.41. The normalized spacial score (nSPS) is 17.4. The number of amides is 2. The highest BCUT2D eigenvalue weighted by Gasteiger charge is 2.30. The van der Waals surface area contributed by atoms with Crippen molar-refractivity contribution in [1.29, 1.82) is 0 Å². The summed E-state index contributed by atoms with van der Waals surface area (Å²) in [4.78, 5) is 18.4. The van der Waals surface area contributed by atoms with E-state index < -0.39 is 0 Å². The van der Waals surface area contributed by atoms with Crippen molar-refractivity contribution in [2.24, 2.45) is 5.73 Å². The minimum atomic E-state index is -0.384. The van der Waals surface area contributed by atoms with Gasteiger partial charge in [-0.3, -0.25) is 0 Å². The van der Waals surface area contributed by atoms with Crippen LogP contribution in [0.3, 0.4) is 0 Å². The average Bonchev–Trinajstić information content (AvgIpc) is 3.13. The maximum absolute atomic E-state index is 11.9. The van der Waals surface area contributed by atoms with Crippen molar-refractivity contribution < 1.29 is 9.53 Å². The number of thiazole rings is 1. The molecule has 2 amide bonds. The van der Waals surface area contributed by atoms with Crippen molar-refractivity contribution >= 4 is 39.3 Å². The number of carbonyl (C=O) groups excluding carboxylic acids is 1. The average molecular weight is 386 g/mol. The van der Waals surface area contributed by atoms with E-state index in [0.717, 1.165) is 43.6 Å². The van der Waals surface area contributed by atoms with E-state index in [1.165, 1.54) is 0 Å². The summed E-state index contributed by atoms with van der Waals surface area (Å²) in [6.45, 7) is 0.656. The van der Waals surface area contributed by atoms with Crippen LogP contribution in [-0.2, 0) is 0 Å². The van der Waals surface area contributed by atoms with Gasteiger partial charge in [0.1, 0.15) is 16.3 Å². The summed E-state index contributed by atoms with van der Waals surface area (Å²) in [7, 11) is 1.65.